The van der Waals surface area contributed by atoms with Gasteiger partial charge in [-0.3, -0.25) is 9.78 Å². The van der Waals surface area contributed by atoms with Crippen molar-refractivity contribution in [3.8, 4) is 22.3 Å². The number of hydrogen-bond donors (Lipinski definition) is 0. The highest BCUT2D eigenvalue weighted by Crippen LogP contribution is 2.22. The summed E-state index contributed by atoms with van der Waals surface area (Å²) in [6, 6.07) is 33.9. The van der Waals surface area contributed by atoms with Crippen molar-refractivity contribution in [1.29, 1.82) is 0 Å². The molecule has 0 heterocycles. The highest BCUT2D eigenvalue weighted by Gasteiger charge is 2.20. The minimum absolute atomic E-state index is 0.333. The van der Waals surface area contributed by atoms with Crippen LogP contribution in [0, 0.1) is 0 Å². The van der Waals surface area contributed by atoms with E-state index in [0.29, 0.717) is 17.5 Å². The average Bonchev–Trinajstić information content (AvgIpc) is 3.06. The fraction of sp³-hybridized carbons (Fsp3) is 0.278. The lowest BCUT2D eigenvalue weighted by molar-refractivity contribution is -0.421. The van der Waals surface area contributed by atoms with Gasteiger partial charge in [0.2, 0.25) is 6.29 Å². The molecule has 6 nitrogen and oxygen atoms in total. The third kappa shape index (κ3) is 9.68. The van der Waals surface area contributed by atoms with Gasteiger partial charge in [-0.15, -0.1) is 9.78 Å². The molecule has 0 fully saturated rings. The van der Waals surface area contributed by atoms with Crippen LogP contribution in [0.1, 0.15) is 79.0 Å². The molecule has 42 heavy (non-hydrogen) atoms. The van der Waals surface area contributed by atoms with E-state index in [-0.39, 0.29) is 0 Å². The van der Waals surface area contributed by atoms with Crippen LogP contribution >= 0.6 is 0 Å². The minimum Gasteiger partial charge on any atom is -0.290 e. The fourth-order valence-corrected chi connectivity index (χ4v) is 4.53. The third-order valence-electron chi connectivity index (χ3n) is 6.96. The van der Waals surface area contributed by atoms with Crippen LogP contribution in [0.3, 0.4) is 0 Å². The Morgan fingerprint density at radius 3 is 1.31 bits per heavy atom. The van der Waals surface area contributed by atoms with Gasteiger partial charge in [0.25, 0.3) is 0 Å². The maximum Gasteiger partial charge on any atom is 0.373 e. The van der Waals surface area contributed by atoms with Gasteiger partial charge in [-0.05, 0) is 52.9 Å². The number of carbonyl (C=O) groups excluding carboxylic acids is 2. The summed E-state index contributed by atoms with van der Waals surface area (Å²) in [6.07, 6.45) is 6.99. The number of carbonyl (C=O) groups is 2. The third-order valence-corrected chi connectivity index (χ3v) is 6.96. The summed E-state index contributed by atoms with van der Waals surface area (Å²) in [6.45, 7) is 2.19. The summed E-state index contributed by atoms with van der Waals surface area (Å²) in [5.41, 5.74) is 4.73. The highest BCUT2D eigenvalue weighted by atomic mass is 17.3. The van der Waals surface area contributed by atoms with Crippen molar-refractivity contribution in [2.24, 2.45) is 0 Å². The lowest BCUT2D eigenvalue weighted by atomic mass is 10.0. The van der Waals surface area contributed by atoms with Gasteiger partial charge in [-0.2, -0.15) is 0 Å². The second kappa shape index (κ2) is 16.9. The number of benzene rings is 4. The Morgan fingerprint density at radius 1 is 0.500 bits per heavy atom. The topological polar surface area (TPSA) is 71.1 Å². The van der Waals surface area contributed by atoms with Crippen molar-refractivity contribution in [3.63, 3.8) is 0 Å². The first-order valence-electron chi connectivity index (χ1n) is 14.7. The first-order valence-corrected chi connectivity index (χ1v) is 14.7. The smallest absolute Gasteiger partial charge is 0.290 e. The van der Waals surface area contributed by atoms with Gasteiger partial charge in [0, 0.05) is 6.42 Å². The molecule has 0 saturated carbocycles. The number of rotatable bonds is 16. The molecule has 4 aromatic carbocycles. The molecule has 0 aliphatic heterocycles. The van der Waals surface area contributed by atoms with Gasteiger partial charge < -0.3 is 0 Å². The van der Waals surface area contributed by atoms with Gasteiger partial charge >= 0.3 is 11.9 Å². The summed E-state index contributed by atoms with van der Waals surface area (Å²) in [5, 5.41) is 0. The van der Waals surface area contributed by atoms with Gasteiger partial charge in [0.15, 0.2) is 0 Å². The van der Waals surface area contributed by atoms with Crippen molar-refractivity contribution < 1.29 is 29.1 Å². The predicted octanol–water partition coefficient (Wildman–Crippen LogP) is 9.36. The summed E-state index contributed by atoms with van der Waals surface area (Å²) < 4.78 is 0. The molecular formula is C36H38O6. The minimum atomic E-state index is -1.05. The molecule has 4 aromatic rings. The molecule has 0 amide bonds. The molecule has 0 radical (unpaired) electrons. The van der Waals surface area contributed by atoms with E-state index < -0.39 is 18.2 Å². The molecular weight excluding hydrogens is 528 g/mol. The van der Waals surface area contributed by atoms with Crippen LogP contribution < -0.4 is 0 Å². The molecule has 0 bridgehead atoms. The Hall–Kier alpha value is -4.26. The zero-order valence-electron chi connectivity index (χ0n) is 24.1. The molecule has 4 rings (SSSR count). The van der Waals surface area contributed by atoms with E-state index >= 15 is 0 Å². The van der Waals surface area contributed by atoms with Gasteiger partial charge in [0.1, 0.15) is 0 Å². The van der Waals surface area contributed by atoms with E-state index in [4.69, 9.17) is 19.6 Å². The second-order valence-electron chi connectivity index (χ2n) is 10.2. The Kier molecular flexibility index (Phi) is 12.3. The molecule has 0 saturated heterocycles. The van der Waals surface area contributed by atoms with Crippen LogP contribution in [0.5, 0.6) is 0 Å². The van der Waals surface area contributed by atoms with Gasteiger partial charge in [0.05, 0.1) is 11.1 Å². The molecule has 0 aliphatic carbocycles. The van der Waals surface area contributed by atoms with Crippen LogP contribution in [0.4, 0.5) is 0 Å². The van der Waals surface area contributed by atoms with E-state index in [9.17, 15) is 9.59 Å². The van der Waals surface area contributed by atoms with E-state index in [1.165, 1.54) is 25.7 Å². The van der Waals surface area contributed by atoms with Crippen LogP contribution in [-0.2, 0) is 19.6 Å². The molecule has 0 aliphatic rings. The quantitative estimate of drug-likeness (QED) is 0.0582. The van der Waals surface area contributed by atoms with E-state index in [0.717, 1.165) is 41.5 Å². The van der Waals surface area contributed by atoms with Gasteiger partial charge in [-0.25, -0.2) is 9.59 Å². The van der Waals surface area contributed by atoms with Crippen LogP contribution in [0.15, 0.2) is 109 Å². The van der Waals surface area contributed by atoms with E-state index in [1.807, 2.05) is 84.9 Å². The zero-order chi connectivity index (χ0) is 29.4. The fourth-order valence-electron chi connectivity index (χ4n) is 4.53. The molecule has 0 unspecified atom stereocenters. The summed E-state index contributed by atoms with van der Waals surface area (Å²) in [5.74, 6) is -1.32. The van der Waals surface area contributed by atoms with Crippen molar-refractivity contribution in [2.75, 3.05) is 0 Å². The second-order valence-corrected chi connectivity index (χ2v) is 10.2. The number of hydrogen-bond acceptors (Lipinski definition) is 6. The average molecular weight is 567 g/mol. The lowest BCUT2D eigenvalue weighted by Gasteiger charge is -2.15. The molecule has 6 heteroatoms. The Bertz CT molecular complexity index is 1250. The predicted molar refractivity (Wildman–Crippen MR) is 163 cm³/mol. The number of unbranched alkanes of at least 4 members (excludes halogenated alkanes) is 6. The van der Waals surface area contributed by atoms with Crippen LogP contribution in [0.25, 0.3) is 22.3 Å². The standard InChI is InChI=1S/C36H38O6/c1-2-3-4-5-6-7-14-19-34(39-41-35(37)32-24-20-30(21-25-32)28-15-10-8-11-16-28)40-42-36(38)33-26-22-31(23-27-33)29-17-12-9-13-18-29/h8-13,15-18,20-27,34H,2-7,14,19H2,1H3. The van der Waals surface area contributed by atoms with E-state index in [1.54, 1.807) is 24.3 Å². The Labute approximate surface area is 248 Å². The van der Waals surface area contributed by atoms with Gasteiger partial charge in [-0.1, -0.05) is 130 Å². The normalized spacial score (nSPS) is 10.9. The molecule has 0 N–H and O–H groups in total. The molecule has 0 atom stereocenters. The maximum atomic E-state index is 12.7. The summed E-state index contributed by atoms with van der Waals surface area (Å²) >= 11 is 0. The van der Waals surface area contributed by atoms with Crippen molar-refractivity contribution >= 4 is 11.9 Å². The van der Waals surface area contributed by atoms with Crippen molar-refractivity contribution in [2.45, 2.75) is 64.6 Å². The summed E-state index contributed by atoms with van der Waals surface area (Å²) in [4.78, 5) is 46.2. The SMILES string of the molecule is CCCCCCCCCC(OOC(=O)c1ccc(-c2ccccc2)cc1)OOC(=O)c1ccc(-c2ccccc2)cc1. The van der Waals surface area contributed by atoms with Crippen LogP contribution in [-0.4, -0.2) is 18.2 Å². The Balaban J connectivity index is 1.31. The zero-order valence-corrected chi connectivity index (χ0v) is 24.1. The van der Waals surface area contributed by atoms with Crippen molar-refractivity contribution in [1.82, 2.24) is 0 Å². The Morgan fingerprint density at radius 2 is 0.881 bits per heavy atom. The summed E-state index contributed by atoms with van der Waals surface area (Å²) in [7, 11) is 0. The monoisotopic (exact) mass is 566 g/mol. The van der Waals surface area contributed by atoms with Crippen molar-refractivity contribution in [3.05, 3.63) is 120 Å². The lowest BCUT2D eigenvalue weighted by Crippen LogP contribution is -2.22. The molecule has 0 spiro atoms. The molecule has 0 aromatic heterocycles. The first-order chi connectivity index (χ1) is 20.6. The van der Waals surface area contributed by atoms with E-state index in [2.05, 4.69) is 6.92 Å². The highest BCUT2D eigenvalue weighted by molar-refractivity contribution is 5.90. The van der Waals surface area contributed by atoms with Crippen LogP contribution in [0.2, 0.25) is 0 Å². The first kappa shape index (κ1) is 30.7. The largest absolute Gasteiger partial charge is 0.373 e. The molecule has 218 valence electrons. The maximum absolute atomic E-state index is 12.7.